The van der Waals surface area contributed by atoms with Crippen molar-refractivity contribution in [1.82, 2.24) is 10.3 Å². The minimum Gasteiger partial charge on any atom is -0.459 e. The number of furan rings is 1. The number of hydrogen-bond acceptors (Lipinski definition) is 5. The topological polar surface area (TPSA) is 79.6 Å². The van der Waals surface area contributed by atoms with Gasteiger partial charge in [-0.2, -0.15) is 0 Å². The van der Waals surface area contributed by atoms with Crippen LogP contribution in [0.2, 0.25) is 0 Å². The Kier molecular flexibility index (Phi) is 5.40. The standard InChI is InChI=1S/C22H26N4O3/c1-14-17-6-4-5-7-19(17)29-21(14)16(3)24-22(27)25-18-8-9-20(23-15(18)2)26-10-12-28-13-11-26/h4-9,16H,10-13H2,1-3H3,(H2,24,25,27)/t16-/m0/s1. The third-order valence-electron chi connectivity index (χ3n) is 5.28. The molecule has 2 N–H and O–H groups in total. The van der Waals surface area contributed by atoms with Crippen LogP contribution in [0.1, 0.15) is 30.0 Å². The van der Waals surface area contributed by atoms with Crippen molar-refractivity contribution < 1.29 is 13.9 Å². The molecule has 29 heavy (non-hydrogen) atoms. The predicted octanol–water partition coefficient (Wildman–Crippen LogP) is 4.16. The van der Waals surface area contributed by atoms with Gasteiger partial charge in [-0.05, 0) is 39.0 Å². The third-order valence-corrected chi connectivity index (χ3v) is 5.28. The molecular formula is C22H26N4O3. The molecule has 0 saturated carbocycles. The fourth-order valence-corrected chi connectivity index (χ4v) is 3.68. The SMILES string of the molecule is Cc1nc(N2CCOCC2)ccc1NC(=O)N[C@@H](C)c1oc2ccccc2c1C. The van der Waals surface area contributed by atoms with Crippen LogP contribution in [0.3, 0.4) is 0 Å². The van der Waals surface area contributed by atoms with E-state index in [1.54, 1.807) is 0 Å². The van der Waals surface area contributed by atoms with E-state index >= 15 is 0 Å². The number of nitrogens with zero attached hydrogens (tertiary/aromatic N) is 2. The van der Waals surface area contributed by atoms with E-state index in [1.165, 1.54) is 0 Å². The zero-order valence-electron chi connectivity index (χ0n) is 17.0. The molecule has 1 atom stereocenters. The summed E-state index contributed by atoms with van der Waals surface area (Å²) in [5, 5.41) is 6.92. The second-order valence-electron chi connectivity index (χ2n) is 7.31. The van der Waals surface area contributed by atoms with Crippen LogP contribution in [0.15, 0.2) is 40.8 Å². The van der Waals surface area contributed by atoms with E-state index < -0.39 is 0 Å². The smallest absolute Gasteiger partial charge is 0.319 e. The van der Waals surface area contributed by atoms with Crippen LogP contribution in [0.5, 0.6) is 0 Å². The molecule has 3 aromatic rings. The van der Waals surface area contributed by atoms with Gasteiger partial charge in [-0.1, -0.05) is 18.2 Å². The lowest BCUT2D eigenvalue weighted by atomic mass is 10.1. The monoisotopic (exact) mass is 394 g/mol. The number of benzene rings is 1. The average Bonchev–Trinajstić information content (AvgIpc) is 3.07. The fraction of sp³-hybridized carbons (Fsp3) is 0.364. The Morgan fingerprint density at radius 1 is 1.14 bits per heavy atom. The van der Waals surface area contributed by atoms with Gasteiger partial charge in [-0.3, -0.25) is 0 Å². The number of pyridine rings is 1. The number of rotatable bonds is 4. The minimum absolute atomic E-state index is 0.261. The number of carbonyl (C=O) groups excluding carboxylic acids is 1. The first kappa shape index (κ1) is 19.3. The molecule has 0 unspecified atom stereocenters. The summed E-state index contributed by atoms with van der Waals surface area (Å²) in [4.78, 5) is 19.4. The molecule has 1 fully saturated rings. The quantitative estimate of drug-likeness (QED) is 0.694. The maximum absolute atomic E-state index is 12.5. The summed E-state index contributed by atoms with van der Waals surface area (Å²) in [6, 6.07) is 11.2. The van der Waals surface area contributed by atoms with Crippen LogP contribution in [-0.4, -0.2) is 37.3 Å². The van der Waals surface area contributed by atoms with Crippen LogP contribution >= 0.6 is 0 Å². The summed E-state index contributed by atoms with van der Waals surface area (Å²) >= 11 is 0. The molecule has 2 aromatic heterocycles. The summed E-state index contributed by atoms with van der Waals surface area (Å²) in [6.07, 6.45) is 0. The molecular weight excluding hydrogens is 368 g/mol. The van der Waals surface area contributed by atoms with Crippen LogP contribution in [0, 0.1) is 13.8 Å². The largest absolute Gasteiger partial charge is 0.459 e. The minimum atomic E-state index is -0.290. The van der Waals surface area contributed by atoms with Crippen LogP contribution < -0.4 is 15.5 Å². The molecule has 7 heteroatoms. The number of aromatic nitrogens is 1. The molecule has 152 valence electrons. The van der Waals surface area contributed by atoms with E-state index in [9.17, 15) is 4.79 Å². The normalized spacial score (nSPS) is 15.3. The van der Waals surface area contributed by atoms with Gasteiger partial charge in [0.25, 0.3) is 0 Å². The lowest BCUT2D eigenvalue weighted by molar-refractivity contribution is 0.122. The number of carbonyl (C=O) groups is 1. The highest BCUT2D eigenvalue weighted by molar-refractivity contribution is 5.90. The highest BCUT2D eigenvalue weighted by Crippen LogP contribution is 2.29. The van der Waals surface area contributed by atoms with Crippen LogP contribution in [0.4, 0.5) is 16.3 Å². The van der Waals surface area contributed by atoms with E-state index in [0.717, 1.165) is 46.9 Å². The highest BCUT2D eigenvalue weighted by atomic mass is 16.5. The number of nitrogens with one attached hydrogen (secondary N) is 2. The summed E-state index contributed by atoms with van der Waals surface area (Å²) in [5.74, 6) is 1.67. The number of fused-ring (bicyclic) bond motifs is 1. The van der Waals surface area contributed by atoms with Crippen molar-refractivity contribution in [3.8, 4) is 0 Å². The van der Waals surface area contributed by atoms with Gasteiger partial charge >= 0.3 is 6.03 Å². The van der Waals surface area contributed by atoms with E-state index in [-0.39, 0.29) is 12.1 Å². The zero-order chi connectivity index (χ0) is 20.4. The number of urea groups is 1. The van der Waals surface area contributed by atoms with E-state index in [1.807, 2.05) is 57.2 Å². The second kappa shape index (κ2) is 8.13. The number of ether oxygens (including phenoxy) is 1. The second-order valence-corrected chi connectivity index (χ2v) is 7.31. The maximum Gasteiger partial charge on any atom is 0.319 e. The molecule has 0 radical (unpaired) electrons. The first-order chi connectivity index (χ1) is 14.0. The number of anilines is 2. The number of morpholine rings is 1. The zero-order valence-corrected chi connectivity index (χ0v) is 17.0. The van der Waals surface area contributed by atoms with Gasteiger partial charge in [0.2, 0.25) is 0 Å². The van der Waals surface area contributed by atoms with Gasteiger partial charge < -0.3 is 24.7 Å². The Bertz CT molecular complexity index is 1020. The van der Waals surface area contributed by atoms with Crippen molar-refractivity contribution >= 4 is 28.5 Å². The number of amides is 2. The Morgan fingerprint density at radius 2 is 1.90 bits per heavy atom. The molecule has 0 spiro atoms. The van der Waals surface area contributed by atoms with Gasteiger partial charge in [0.15, 0.2) is 0 Å². The van der Waals surface area contributed by atoms with Gasteiger partial charge in [0, 0.05) is 24.0 Å². The van der Waals surface area contributed by atoms with Crippen molar-refractivity contribution in [3.05, 3.63) is 53.4 Å². The first-order valence-electron chi connectivity index (χ1n) is 9.89. The van der Waals surface area contributed by atoms with Crippen LogP contribution in [0.25, 0.3) is 11.0 Å². The lowest BCUT2D eigenvalue weighted by Gasteiger charge is -2.28. The summed E-state index contributed by atoms with van der Waals surface area (Å²) in [5.41, 5.74) is 3.33. The molecule has 3 heterocycles. The predicted molar refractivity (Wildman–Crippen MR) is 114 cm³/mol. The highest BCUT2D eigenvalue weighted by Gasteiger charge is 2.19. The van der Waals surface area contributed by atoms with Crippen molar-refractivity contribution in [2.75, 3.05) is 36.5 Å². The van der Waals surface area contributed by atoms with Crippen LogP contribution in [-0.2, 0) is 4.74 Å². The summed E-state index contributed by atoms with van der Waals surface area (Å²) in [6.45, 7) is 8.89. The third kappa shape index (κ3) is 4.05. The number of aryl methyl sites for hydroxylation is 2. The van der Waals surface area contributed by atoms with Gasteiger partial charge in [0.1, 0.15) is 17.2 Å². The van der Waals surface area contributed by atoms with Crippen molar-refractivity contribution in [2.24, 2.45) is 0 Å². The first-order valence-corrected chi connectivity index (χ1v) is 9.89. The van der Waals surface area contributed by atoms with Gasteiger partial charge in [-0.25, -0.2) is 9.78 Å². The molecule has 1 aromatic carbocycles. The summed E-state index contributed by atoms with van der Waals surface area (Å²) in [7, 11) is 0. The van der Waals surface area contributed by atoms with E-state index in [2.05, 4.69) is 20.5 Å². The van der Waals surface area contributed by atoms with Gasteiger partial charge in [-0.15, -0.1) is 0 Å². The average molecular weight is 394 g/mol. The number of para-hydroxylation sites is 1. The van der Waals surface area contributed by atoms with E-state index in [0.29, 0.717) is 18.9 Å². The molecule has 1 aliphatic heterocycles. The molecule has 1 saturated heterocycles. The Balaban J connectivity index is 1.43. The van der Waals surface area contributed by atoms with Crippen molar-refractivity contribution in [3.63, 3.8) is 0 Å². The maximum atomic E-state index is 12.5. The summed E-state index contributed by atoms with van der Waals surface area (Å²) < 4.78 is 11.3. The Morgan fingerprint density at radius 3 is 2.62 bits per heavy atom. The molecule has 0 bridgehead atoms. The molecule has 0 aliphatic carbocycles. The molecule has 2 amide bonds. The number of hydrogen-bond donors (Lipinski definition) is 2. The van der Waals surface area contributed by atoms with Gasteiger partial charge in [0.05, 0.1) is 30.6 Å². The molecule has 4 rings (SSSR count). The Hall–Kier alpha value is -3.06. The Labute approximate surface area is 170 Å². The fourth-order valence-electron chi connectivity index (χ4n) is 3.68. The lowest BCUT2D eigenvalue weighted by Crippen LogP contribution is -2.37. The van der Waals surface area contributed by atoms with Crippen molar-refractivity contribution in [1.29, 1.82) is 0 Å². The van der Waals surface area contributed by atoms with E-state index in [4.69, 9.17) is 9.15 Å². The van der Waals surface area contributed by atoms with Crippen molar-refractivity contribution in [2.45, 2.75) is 26.8 Å². The molecule has 7 nitrogen and oxygen atoms in total. The molecule has 1 aliphatic rings.